The third-order valence-electron chi connectivity index (χ3n) is 4.28. The van der Waals surface area contributed by atoms with Crippen molar-refractivity contribution < 1.29 is 13.9 Å². The maximum atomic E-state index is 11.0. The van der Waals surface area contributed by atoms with E-state index in [4.69, 9.17) is 13.7 Å². The summed E-state index contributed by atoms with van der Waals surface area (Å²) >= 11 is 3.48. The van der Waals surface area contributed by atoms with Gasteiger partial charge in [-0.15, -0.1) is 12.4 Å². The van der Waals surface area contributed by atoms with E-state index < -0.39 is 17.4 Å². The number of nitro benzene ring substituents is 1. The van der Waals surface area contributed by atoms with Crippen LogP contribution in [0.1, 0.15) is 26.5 Å². The molecule has 1 atom stereocenters. The topological polar surface area (TPSA) is 77.9 Å². The van der Waals surface area contributed by atoms with E-state index in [2.05, 4.69) is 36.7 Å². The fourth-order valence-corrected chi connectivity index (χ4v) is 6.06. The van der Waals surface area contributed by atoms with Crippen molar-refractivity contribution in [3.05, 3.63) is 81.0 Å². The number of non-ortho nitro benzene ring substituents is 1. The minimum atomic E-state index is -2.75. The molecule has 0 radical (unpaired) electrons. The average molecular weight is 514 g/mol. The molecule has 1 unspecified atom stereocenters. The molecular formula is C21H23BrClN2O4P. The Morgan fingerprint density at radius 1 is 1.10 bits per heavy atom. The molecule has 9 heteroatoms. The summed E-state index contributed by atoms with van der Waals surface area (Å²) in [6.45, 7) is 8.06. The van der Waals surface area contributed by atoms with Crippen LogP contribution in [0.4, 0.5) is 11.4 Å². The summed E-state index contributed by atoms with van der Waals surface area (Å²) in [7, 11) is -2.75. The van der Waals surface area contributed by atoms with Gasteiger partial charge in [-0.1, -0.05) is 42.8 Å². The standard InChI is InChI=1S/C21H22BrN2O4P.ClH/c1-15-8-13-20(27-15)29(21(2,3)4,28-19-7-5-6-16(22)14-19)23-17-9-11-18(12-10-17)24(25)26;/h5-14H,1-4H3;1H. The molecule has 0 spiro atoms. The van der Waals surface area contributed by atoms with Crippen LogP contribution >= 0.6 is 35.6 Å². The van der Waals surface area contributed by atoms with Crippen LogP contribution in [-0.4, -0.2) is 10.1 Å². The van der Waals surface area contributed by atoms with Crippen LogP contribution in [0.15, 0.2) is 74.3 Å². The summed E-state index contributed by atoms with van der Waals surface area (Å²) in [5.41, 5.74) is 1.29. The number of hydrogen-bond acceptors (Lipinski definition) is 5. The predicted molar refractivity (Wildman–Crippen MR) is 127 cm³/mol. The molecular weight excluding hydrogens is 491 g/mol. The maximum absolute atomic E-state index is 11.0. The van der Waals surface area contributed by atoms with E-state index >= 15 is 0 Å². The third-order valence-corrected chi connectivity index (χ3v) is 8.42. The number of halogens is 2. The number of aryl methyl sites for hydroxylation is 1. The van der Waals surface area contributed by atoms with Crippen molar-refractivity contribution in [3.63, 3.8) is 0 Å². The number of nitrogens with zero attached hydrogens (tertiary/aromatic N) is 2. The molecule has 3 rings (SSSR count). The smallest absolute Gasteiger partial charge is 0.269 e. The second-order valence-electron chi connectivity index (χ2n) is 7.55. The Hall–Kier alpha value is -2.08. The molecule has 160 valence electrons. The van der Waals surface area contributed by atoms with E-state index in [1.54, 1.807) is 12.1 Å². The summed E-state index contributed by atoms with van der Waals surface area (Å²) in [6, 6.07) is 17.6. The fraction of sp³-hybridized carbons (Fsp3) is 0.238. The molecule has 0 aliphatic carbocycles. The molecule has 0 aliphatic heterocycles. The van der Waals surface area contributed by atoms with Gasteiger partial charge in [0.2, 0.25) is 7.28 Å². The van der Waals surface area contributed by atoms with Crippen molar-refractivity contribution in [2.75, 3.05) is 0 Å². The Kier molecular flexibility index (Phi) is 7.56. The summed E-state index contributed by atoms with van der Waals surface area (Å²) in [5, 5.41) is 10.6. The van der Waals surface area contributed by atoms with Crippen molar-refractivity contribution >= 4 is 52.5 Å². The Morgan fingerprint density at radius 2 is 1.77 bits per heavy atom. The van der Waals surface area contributed by atoms with Crippen LogP contribution in [0.3, 0.4) is 0 Å². The van der Waals surface area contributed by atoms with E-state index in [0.29, 0.717) is 16.9 Å². The molecule has 30 heavy (non-hydrogen) atoms. The lowest BCUT2D eigenvalue weighted by Gasteiger charge is -2.35. The van der Waals surface area contributed by atoms with E-state index in [1.165, 1.54) is 12.1 Å². The highest BCUT2D eigenvalue weighted by atomic mass is 79.9. The van der Waals surface area contributed by atoms with Gasteiger partial charge in [-0.25, -0.2) is 4.74 Å². The molecule has 0 N–H and O–H groups in total. The quantitative estimate of drug-likeness (QED) is 0.200. The monoisotopic (exact) mass is 512 g/mol. The van der Waals surface area contributed by atoms with Crippen molar-refractivity contribution in [3.8, 4) is 5.75 Å². The van der Waals surface area contributed by atoms with Gasteiger partial charge in [0.05, 0.1) is 10.6 Å². The molecule has 1 heterocycles. The molecule has 2 aromatic carbocycles. The summed E-state index contributed by atoms with van der Waals surface area (Å²) in [4.78, 5) is 10.6. The highest BCUT2D eigenvalue weighted by molar-refractivity contribution is 9.10. The van der Waals surface area contributed by atoms with Gasteiger partial charge >= 0.3 is 0 Å². The average Bonchev–Trinajstić information content (AvgIpc) is 3.07. The second kappa shape index (κ2) is 9.38. The van der Waals surface area contributed by atoms with Crippen molar-refractivity contribution in [1.82, 2.24) is 0 Å². The zero-order valence-corrected chi connectivity index (χ0v) is 20.3. The van der Waals surface area contributed by atoms with E-state index in [9.17, 15) is 10.1 Å². The third kappa shape index (κ3) is 5.15. The van der Waals surface area contributed by atoms with Gasteiger partial charge in [0.1, 0.15) is 11.5 Å². The Morgan fingerprint density at radius 3 is 2.27 bits per heavy atom. The SMILES string of the molecule is Cc1ccc(P(=Nc2ccc([N+](=O)[O-])cc2)(Oc2cccc(Br)c2)C(C)(C)C)o1.Cl. The van der Waals surface area contributed by atoms with Gasteiger partial charge in [-0.2, -0.15) is 0 Å². The Labute approximate surface area is 190 Å². The Bertz CT molecular complexity index is 1090. The van der Waals surface area contributed by atoms with Crippen LogP contribution in [0, 0.1) is 17.0 Å². The summed E-state index contributed by atoms with van der Waals surface area (Å²) < 4.78 is 18.6. The highest BCUT2D eigenvalue weighted by Gasteiger charge is 2.41. The lowest BCUT2D eigenvalue weighted by Crippen LogP contribution is -2.26. The molecule has 0 aliphatic rings. The molecule has 0 saturated heterocycles. The molecule has 1 aromatic heterocycles. The van der Waals surface area contributed by atoms with Crippen molar-refractivity contribution in [2.24, 2.45) is 4.74 Å². The second-order valence-corrected chi connectivity index (χ2v) is 11.8. The van der Waals surface area contributed by atoms with Gasteiger partial charge in [0, 0.05) is 21.8 Å². The van der Waals surface area contributed by atoms with Crippen LogP contribution in [0.2, 0.25) is 0 Å². The number of hydrogen-bond donors (Lipinski definition) is 0. The van der Waals surface area contributed by atoms with Crippen LogP contribution in [-0.2, 0) is 0 Å². The van der Waals surface area contributed by atoms with Gasteiger partial charge in [-0.3, -0.25) is 10.1 Å². The van der Waals surface area contributed by atoms with Crippen LogP contribution in [0.25, 0.3) is 0 Å². The van der Waals surface area contributed by atoms with Gasteiger partial charge in [0.25, 0.3) is 5.69 Å². The highest BCUT2D eigenvalue weighted by Crippen LogP contribution is 2.62. The first-order valence-corrected chi connectivity index (χ1v) is 11.4. The minimum absolute atomic E-state index is 0. The molecule has 0 saturated carbocycles. The first kappa shape index (κ1) is 24.2. The normalized spacial score (nSPS) is 13.1. The first-order valence-electron chi connectivity index (χ1n) is 9.00. The van der Waals surface area contributed by atoms with Crippen LogP contribution in [0.5, 0.6) is 5.75 Å². The first-order chi connectivity index (χ1) is 13.6. The molecule has 3 aromatic rings. The van der Waals surface area contributed by atoms with Crippen LogP contribution < -0.4 is 10.0 Å². The number of furan rings is 1. The fourth-order valence-electron chi connectivity index (χ4n) is 2.80. The molecule has 0 fully saturated rings. The maximum Gasteiger partial charge on any atom is 0.269 e. The number of nitro groups is 1. The van der Waals surface area contributed by atoms with E-state index in [1.807, 2.05) is 43.3 Å². The summed E-state index contributed by atoms with van der Waals surface area (Å²) in [6.07, 6.45) is 0. The molecule has 0 amide bonds. The molecule has 6 nitrogen and oxygen atoms in total. The van der Waals surface area contributed by atoms with Gasteiger partial charge < -0.3 is 8.94 Å². The minimum Gasteiger partial charge on any atom is -0.457 e. The largest absolute Gasteiger partial charge is 0.457 e. The number of rotatable bonds is 5. The zero-order valence-electron chi connectivity index (χ0n) is 17.0. The van der Waals surface area contributed by atoms with Crippen molar-refractivity contribution in [1.29, 1.82) is 0 Å². The van der Waals surface area contributed by atoms with Gasteiger partial charge in [0.15, 0.2) is 5.50 Å². The van der Waals surface area contributed by atoms with Crippen molar-refractivity contribution in [2.45, 2.75) is 32.9 Å². The lowest BCUT2D eigenvalue weighted by atomic mass is 10.3. The predicted octanol–water partition coefficient (Wildman–Crippen LogP) is 7.63. The Balaban J connectivity index is 0.00000320. The zero-order chi connectivity index (χ0) is 21.2. The lowest BCUT2D eigenvalue weighted by molar-refractivity contribution is -0.384. The van der Waals surface area contributed by atoms with E-state index in [0.717, 1.165) is 10.2 Å². The summed E-state index contributed by atoms with van der Waals surface area (Å²) in [5.74, 6) is 1.44. The number of benzene rings is 2. The molecule has 0 bridgehead atoms. The van der Waals surface area contributed by atoms with E-state index in [-0.39, 0.29) is 18.1 Å². The van der Waals surface area contributed by atoms with Gasteiger partial charge in [-0.05, 0) is 49.4 Å².